The van der Waals surface area contributed by atoms with Crippen LogP contribution in [-0.4, -0.2) is 76.9 Å². The number of carboxylic acid groups (broad SMARTS) is 2. The van der Waals surface area contributed by atoms with Gasteiger partial charge in [0.2, 0.25) is 5.91 Å². The molecular formula is C29H55Br2IN2O9-2. The molecule has 43 heavy (non-hydrogen) atoms. The SMILES string of the molecule is C.CC(C)C[C@H](CCC(=O)CNC(=O)CBr)CC(=O)O.COC(=O)C[C@@H](CCC(=O)CN)CC(C)C.O=C([O-])CBr.[2H][I-]C. The van der Waals surface area contributed by atoms with Crippen LogP contribution < -0.4 is 38.5 Å². The van der Waals surface area contributed by atoms with E-state index in [0.717, 1.165) is 19.3 Å². The fourth-order valence-corrected chi connectivity index (χ4v) is 3.87. The number of carboxylic acids is 2. The molecule has 0 aliphatic carbocycles. The van der Waals surface area contributed by atoms with Crippen LogP contribution >= 0.6 is 31.9 Å². The van der Waals surface area contributed by atoms with E-state index in [1.54, 1.807) is 0 Å². The van der Waals surface area contributed by atoms with Gasteiger partial charge in [-0.05, 0) is 49.4 Å². The molecule has 2 atom stereocenters. The summed E-state index contributed by atoms with van der Waals surface area (Å²) in [6, 6.07) is 0. The summed E-state index contributed by atoms with van der Waals surface area (Å²) in [6.45, 7) is 8.39. The van der Waals surface area contributed by atoms with E-state index < -0.39 is 11.9 Å². The van der Waals surface area contributed by atoms with Crippen LogP contribution in [0.15, 0.2) is 0 Å². The molecule has 0 radical (unpaired) electrons. The van der Waals surface area contributed by atoms with E-state index in [9.17, 15) is 33.9 Å². The number of ketones is 2. The first-order chi connectivity index (χ1) is 20.0. The van der Waals surface area contributed by atoms with Crippen molar-refractivity contribution in [2.24, 2.45) is 29.4 Å². The standard InChI is InChI=1S/C13H22BrNO4.C12H23NO3.C2H3BrO2.CH4I.CH4/c1-9(2)5-10(6-13(18)19)3-4-11(16)8-15-12(17)7-14;1-9(2)6-10(7-12(15)16-3)4-5-11(14)8-13;3-1-2(4)5;1-2;/h9-10H,3-8H2,1-2H3,(H,15,17)(H,18,19);9-10H,4-8,13H2,1-3H3;1H2,(H,4,5);2H,1H3;1H4/q;;;-1;/p-1/t2*10-;;;/m00.../s1/i;;;2D;. The van der Waals surface area contributed by atoms with Crippen molar-refractivity contribution < 1.29 is 66.1 Å². The summed E-state index contributed by atoms with van der Waals surface area (Å²) in [6.07, 6.45) is 4.29. The molecule has 1 amide bonds. The Morgan fingerprint density at radius 3 is 1.67 bits per heavy atom. The molecule has 0 heterocycles. The van der Waals surface area contributed by atoms with Crippen LogP contribution in [0.2, 0.25) is 0 Å². The fraction of sp³-hybridized carbons (Fsp3) is 0.793. The van der Waals surface area contributed by atoms with Gasteiger partial charge in [-0.25, -0.2) is 0 Å². The third-order valence-electron chi connectivity index (χ3n) is 5.36. The molecule has 0 aromatic carbocycles. The Morgan fingerprint density at radius 2 is 1.35 bits per heavy atom. The number of carbonyl (C=O) groups is 6. The Morgan fingerprint density at radius 1 is 0.930 bits per heavy atom. The predicted molar refractivity (Wildman–Crippen MR) is 172 cm³/mol. The van der Waals surface area contributed by atoms with Gasteiger partial charge in [-0.1, -0.05) is 67.0 Å². The van der Waals surface area contributed by atoms with Gasteiger partial charge in [0.25, 0.3) is 0 Å². The second-order valence-corrected chi connectivity index (χ2v) is 11.3. The third kappa shape index (κ3) is 43.1. The summed E-state index contributed by atoms with van der Waals surface area (Å²) in [5, 5.41) is 20.6. The van der Waals surface area contributed by atoms with Gasteiger partial charge in [-0.15, -0.1) is 0 Å². The molecule has 14 heteroatoms. The maximum absolute atomic E-state index is 11.6. The molecule has 0 aliphatic heterocycles. The summed E-state index contributed by atoms with van der Waals surface area (Å²) in [5.74, 6) is -1.17. The Bertz CT molecular complexity index is 792. The van der Waals surface area contributed by atoms with Crippen LogP contribution in [0.1, 0.15) is 86.5 Å². The molecule has 4 N–H and O–H groups in total. The molecule has 0 saturated heterocycles. The van der Waals surface area contributed by atoms with Gasteiger partial charge in [-0.2, -0.15) is 0 Å². The zero-order valence-electron chi connectivity index (χ0n) is 26.7. The Kier molecular flexibility index (Phi) is 40.1. The minimum absolute atomic E-state index is 0. The van der Waals surface area contributed by atoms with Crippen molar-refractivity contribution in [2.45, 2.75) is 86.5 Å². The first kappa shape index (κ1) is 48.8. The number of halogens is 3. The van der Waals surface area contributed by atoms with Gasteiger partial charge < -0.3 is 30.8 Å². The molecule has 0 unspecified atom stereocenters. The van der Waals surface area contributed by atoms with E-state index in [0.29, 0.717) is 37.5 Å². The number of hydrogen-bond acceptors (Lipinski definition) is 9. The predicted octanol–water partition coefficient (Wildman–Crippen LogP) is 0.173. The van der Waals surface area contributed by atoms with Crippen LogP contribution in [0.4, 0.5) is 0 Å². The van der Waals surface area contributed by atoms with Crippen LogP contribution in [-0.2, 0) is 33.5 Å². The fourth-order valence-electron chi connectivity index (χ4n) is 3.67. The summed E-state index contributed by atoms with van der Waals surface area (Å²) >= 11 is 5.48. The van der Waals surface area contributed by atoms with E-state index in [-0.39, 0.29) is 95.3 Å². The van der Waals surface area contributed by atoms with Crippen molar-refractivity contribution in [3.63, 3.8) is 0 Å². The number of amides is 1. The van der Waals surface area contributed by atoms with Gasteiger partial charge in [0, 0.05) is 31.0 Å². The molecule has 0 fully saturated rings. The average Bonchev–Trinajstić information content (AvgIpc) is 2.93. The van der Waals surface area contributed by atoms with Crippen LogP contribution in [0, 0.1) is 23.7 Å². The van der Waals surface area contributed by atoms with Crippen molar-refractivity contribution in [1.29, 1.82) is 0.594 Å². The monoisotopic (exact) mass is 861 g/mol. The van der Waals surface area contributed by atoms with Gasteiger partial charge in [0.1, 0.15) is 5.78 Å². The summed E-state index contributed by atoms with van der Waals surface area (Å²) in [5.41, 5.74) is 5.25. The van der Waals surface area contributed by atoms with Gasteiger partial charge in [0.05, 0.1) is 31.5 Å². The number of ether oxygens (including phenoxy) is 1. The van der Waals surface area contributed by atoms with Crippen LogP contribution in [0.25, 0.3) is 0 Å². The number of alkyl halides is 3. The Labute approximate surface area is 289 Å². The first-order valence-corrected chi connectivity index (χ1v) is 18.0. The number of nitrogens with one attached hydrogen (secondary N) is 1. The quantitative estimate of drug-likeness (QED) is 0.0917. The maximum atomic E-state index is 11.6. The molecule has 0 rings (SSSR count). The van der Waals surface area contributed by atoms with Crippen molar-refractivity contribution in [1.82, 2.24) is 5.32 Å². The van der Waals surface area contributed by atoms with Crippen molar-refractivity contribution in [3.8, 4) is 0 Å². The minimum atomic E-state index is -1.08. The summed E-state index contributed by atoms with van der Waals surface area (Å²) in [7, 11) is 1.39. The Balaban J connectivity index is -0.000000183. The molecule has 0 aromatic heterocycles. The molecule has 0 saturated carbocycles. The zero-order valence-corrected chi connectivity index (χ0v) is 31.0. The average molecular weight is 863 g/mol. The number of esters is 1. The van der Waals surface area contributed by atoms with Crippen molar-refractivity contribution in [3.05, 3.63) is 0 Å². The second kappa shape index (κ2) is 35.4. The topological polar surface area (TPSA) is 193 Å². The number of hydrogen-bond donors (Lipinski definition) is 3. The number of aliphatic carboxylic acids is 2. The Hall–Kier alpha value is -1.13. The van der Waals surface area contributed by atoms with E-state index in [2.05, 4.69) is 55.8 Å². The number of Topliss-reactive ketones (excluding diaryl/α,β-unsaturated/α-hetero) is 2. The van der Waals surface area contributed by atoms with E-state index >= 15 is 0 Å². The molecule has 0 spiro atoms. The van der Waals surface area contributed by atoms with Crippen LogP contribution in [0.3, 0.4) is 0 Å². The molecule has 258 valence electrons. The van der Waals surface area contributed by atoms with Gasteiger partial charge in [0.15, 0.2) is 5.78 Å². The molecule has 0 bridgehead atoms. The van der Waals surface area contributed by atoms with E-state index in [1.807, 2.05) is 18.8 Å². The number of rotatable bonds is 19. The normalized spacial score (nSPS) is 11.5. The first-order valence-electron chi connectivity index (χ1n) is 14.0. The molecular weight excluding hydrogens is 807 g/mol. The van der Waals surface area contributed by atoms with E-state index in [1.165, 1.54) is 7.11 Å². The summed E-state index contributed by atoms with van der Waals surface area (Å²) < 4.78 is 11.0. The van der Waals surface area contributed by atoms with Gasteiger partial charge >= 0.3 is 39.9 Å². The number of carbonyl (C=O) groups excluding carboxylic acids is 5. The zero-order chi connectivity index (χ0) is 34.4. The third-order valence-corrected chi connectivity index (χ3v) is 6.33. The molecule has 11 nitrogen and oxygen atoms in total. The van der Waals surface area contributed by atoms with E-state index in [4.69, 9.17) is 11.4 Å². The number of nitrogens with two attached hydrogens (primary N) is 1. The molecule has 0 aliphatic rings. The van der Waals surface area contributed by atoms with Gasteiger partial charge in [-0.3, -0.25) is 24.0 Å². The van der Waals surface area contributed by atoms with Crippen LogP contribution in [0.5, 0.6) is 0 Å². The van der Waals surface area contributed by atoms with Crippen molar-refractivity contribution in [2.75, 3.05) is 35.8 Å². The summed E-state index contributed by atoms with van der Waals surface area (Å²) in [4.78, 5) is 66.7. The molecule has 0 aromatic rings. The second-order valence-electron chi connectivity index (χ2n) is 10.1. The van der Waals surface area contributed by atoms with Crippen molar-refractivity contribution >= 4 is 67.2 Å². The number of methoxy groups -OCH3 is 1.